The van der Waals surface area contributed by atoms with Gasteiger partial charge in [0.2, 0.25) is 0 Å². The molecule has 0 aliphatic carbocycles. The SMILES string of the molecule is CCCC1=C(C(=O)OCCCOc2ccc(CCCCO)cc2)C(c2cccc([N+](=O)[O-])c2)C(C(=O)OC)C(CC)=N1. The Morgan fingerprint density at radius 2 is 1.79 bits per heavy atom. The molecule has 2 atom stereocenters. The number of aliphatic imine (C=N–C) groups is 1. The summed E-state index contributed by atoms with van der Waals surface area (Å²) >= 11 is 0. The zero-order valence-electron chi connectivity index (χ0n) is 24.5. The van der Waals surface area contributed by atoms with Gasteiger partial charge in [0.1, 0.15) is 11.7 Å². The highest BCUT2D eigenvalue weighted by atomic mass is 16.6. The smallest absolute Gasteiger partial charge is 0.336 e. The lowest BCUT2D eigenvalue weighted by Crippen LogP contribution is -2.37. The van der Waals surface area contributed by atoms with E-state index >= 15 is 0 Å². The van der Waals surface area contributed by atoms with Crippen molar-refractivity contribution in [2.45, 2.75) is 64.7 Å². The molecule has 1 aliphatic heterocycles. The normalized spacial score (nSPS) is 16.5. The second-order valence-electron chi connectivity index (χ2n) is 10.1. The minimum atomic E-state index is -0.917. The molecule has 1 N–H and O–H groups in total. The molecule has 0 bridgehead atoms. The van der Waals surface area contributed by atoms with Crippen LogP contribution in [0.15, 0.2) is 64.8 Å². The fourth-order valence-corrected chi connectivity index (χ4v) is 5.09. The third kappa shape index (κ3) is 8.48. The van der Waals surface area contributed by atoms with E-state index in [1.807, 2.05) is 38.1 Å². The second kappa shape index (κ2) is 16.4. The summed E-state index contributed by atoms with van der Waals surface area (Å²) in [7, 11) is 1.27. The van der Waals surface area contributed by atoms with Crippen LogP contribution in [0.5, 0.6) is 5.75 Å². The standard InChI is InChI=1S/C32H40N2O8/c1-4-10-27-30(32(37)42-20-9-19-41-25-16-14-22(15-17-25)11-6-7-18-35)28(23-12-8-13-24(21-23)34(38)39)29(31(36)40-3)26(5-2)33-27/h8,12-17,21,28-29,35H,4-7,9-11,18-20H2,1-3H3. The molecule has 2 aromatic rings. The maximum Gasteiger partial charge on any atom is 0.336 e. The van der Waals surface area contributed by atoms with Crippen molar-refractivity contribution >= 4 is 23.3 Å². The predicted octanol–water partition coefficient (Wildman–Crippen LogP) is 5.71. The van der Waals surface area contributed by atoms with Crippen LogP contribution in [0.3, 0.4) is 0 Å². The molecule has 3 rings (SSSR count). The fraction of sp³-hybridized carbons (Fsp3) is 0.469. The van der Waals surface area contributed by atoms with Gasteiger partial charge in [-0.05, 0) is 55.4 Å². The van der Waals surface area contributed by atoms with Gasteiger partial charge in [-0.15, -0.1) is 0 Å². The van der Waals surface area contributed by atoms with E-state index < -0.39 is 28.7 Å². The first-order chi connectivity index (χ1) is 20.3. The largest absolute Gasteiger partial charge is 0.493 e. The second-order valence-corrected chi connectivity index (χ2v) is 10.1. The number of aliphatic hydroxyl groups is 1. The number of unbranched alkanes of at least 4 members (excludes halogenated alkanes) is 1. The number of hydrogen-bond donors (Lipinski definition) is 1. The average molecular weight is 581 g/mol. The summed E-state index contributed by atoms with van der Waals surface area (Å²) in [5, 5.41) is 20.5. The Labute approximate surface area is 246 Å². The van der Waals surface area contributed by atoms with Crippen LogP contribution in [0, 0.1) is 16.0 Å². The number of aliphatic hydroxyl groups excluding tert-OH is 1. The van der Waals surface area contributed by atoms with E-state index in [4.69, 9.17) is 24.3 Å². The Kier molecular flexibility index (Phi) is 12.7. The number of carbonyl (C=O) groups is 2. The number of nitro groups is 1. The summed E-state index contributed by atoms with van der Waals surface area (Å²) in [5.74, 6) is -2.23. The number of aryl methyl sites for hydroxylation is 1. The predicted molar refractivity (Wildman–Crippen MR) is 159 cm³/mol. The number of esters is 2. The Balaban J connectivity index is 1.78. The van der Waals surface area contributed by atoms with Crippen molar-refractivity contribution in [3.05, 3.63) is 81.0 Å². The van der Waals surface area contributed by atoms with Gasteiger partial charge in [0.05, 0.1) is 36.5 Å². The van der Waals surface area contributed by atoms with E-state index in [0.29, 0.717) is 55.0 Å². The van der Waals surface area contributed by atoms with Crippen molar-refractivity contribution in [1.29, 1.82) is 0 Å². The molecule has 226 valence electrons. The molecule has 0 saturated heterocycles. The van der Waals surface area contributed by atoms with E-state index in [1.165, 1.54) is 24.8 Å². The highest BCUT2D eigenvalue weighted by Gasteiger charge is 2.44. The molecule has 42 heavy (non-hydrogen) atoms. The molecular formula is C32H40N2O8. The van der Waals surface area contributed by atoms with Crippen molar-refractivity contribution in [3.8, 4) is 5.75 Å². The van der Waals surface area contributed by atoms with Crippen molar-refractivity contribution in [2.24, 2.45) is 10.9 Å². The monoisotopic (exact) mass is 580 g/mol. The van der Waals surface area contributed by atoms with E-state index in [-0.39, 0.29) is 24.5 Å². The van der Waals surface area contributed by atoms with Gasteiger partial charge in [0.25, 0.3) is 5.69 Å². The molecule has 1 aliphatic rings. The number of nitrogens with zero attached hydrogens (tertiary/aromatic N) is 2. The van der Waals surface area contributed by atoms with Crippen LogP contribution in [-0.2, 0) is 25.5 Å². The van der Waals surface area contributed by atoms with Crippen LogP contribution in [-0.4, -0.2) is 54.6 Å². The lowest BCUT2D eigenvalue weighted by Gasteiger charge is -2.32. The van der Waals surface area contributed by atoms with Crippen molar-refractivity contribution in [2.75, 3.05) is 26.9 Å². The Hall–Kier alpha value is -4.05. The first kappa shape index (κ1) is 32.5. The van der Waals surface area contributed by atoms with Gasteiger partial charge in [-0.1, -0.05) is 44.5 Å². The van der Waals surface area contributed by atoms with E-state index in [9.17, 15) is 19.7 Å². The first-order valence-corrected chi connectivity index (χ1v) is 14.5. The molecule has 0 saturated carbocycles. The Bertz CT molecular complexity index is 1290. The average Bonchev–Trinajstić information content (AvgIpc) is 3.00. The Morgan fingerprint density at radius 3 is 2.43 bits per heavy atom. The summed E-state index contributed by atoms with van der Waals surface area (Å²) in [6, 6.07) is 13.8. The number of carbonyl (C=O) groups excluding carboxylic acids is 2. The molecule has 2 aromatic carbocycles. The Morgan fingerprint density at radius 1 is 1.02 bits per heavy atom. The number of benzene rings is 2. The lowest BCUT2D eigenvalue weighted by atomic mass is 9.74. The molecule has 1 heterocycles. The number of non-ortho nitro benzene ring substituents is 1. The van der Waals surface area contributed by atoms with Crippen LogP contribution in [0.25, 0.3) is 0 Å². The quantitative estimate of drug-likeness (QED) is 0.115. The third-order valence-electron chi connectivity index (χ3n) is 7.14. The summed E-state index contributed by atoms with van der Waals surface area (Å²) in [6.45, 7) is 4.43. The number of ether oxygens (including phenoxy) is 3. The van der Waals surface area contributed by atoms with E-state index in [1.54, 1.807) is 12.1 Å². The maximum absolute atomic E-state index is 13.6. The zero-order valence-corrected chi connectivity index (χ0v) is 24.5. The minimum absolute atomic E-state index is 0.0792. The fourth-order valence-electron chi connectivity index (χ4n) is 5.09. The number of hydrogen-bond acceptors (Lipinski definition) is 9. The van der Waals surface area contributed by atoms with Gasteiger partial charge in [-0.2, -0.15) is 0 Å². The van der Waals surface area contributed by atoms with Gasteiger partial charge < -0.3 is 19.3 Å². The summed E-state index contributed by atoms with van der Waals surface area (Å²) < 4.78 is 16.6. The molecule has 0 aromatic heterocycles. The molecule has 2 unspecified atom stereocenters. The highest BCUT2D eigenvalue weighted by Crippen LogP contribution is 2.42. The van der Waals surface area contributed by atoms with Gasteiger partial charge in [-0.3, -0.25) is 19.9 Å². The number of allylic oxidation sites excluding steroid dienone is 1. The van der Waals surface area contributed by atoms with Crippen molar-refractivity contribution in [1.82, 2.24) is 0 Å². The molecule has 0 spiro atoms. The highest BCUT2D eigenvalue weighted by molar-refractivity contribution is 6.07. The van der Waals surface area contributed by atoms with Crippen molar-refractivity contribution < 1.29 is 33.8 Å². The van der Waals surface area contributed by atoms with Crippen LogP contribution in [0.4, 0.5) is 5.69 Å². The van der Waals surface area contributed by atoms with Crippen LogP contribution in [0.1, 0.15) is 69.4 Å². The number of rotatable bonds is 16. The first-order valence-electron chi connectivity index (χ1n) is 14.5. The molecule has 10 heteroatoms. The van der Waals surface area contributed by atoms with E-state index in [0.717, 1.165) is 19.3 Å². The van der Waals surface area contributed by atoms with E-state index in [2.05, 4.69) is 0 Å². The number of nitro benzene ring substituents is 1. The van der Waals surface area contributed by atoms with Crippen LogP contribution < -0.4 is 4.74 Å². The van der Waals surface area contributed by atoms with Gasteiger partial charge in [-0.25, -0.2) is 4.79 Å². The molecule has 10 nitrogen and oxygen atoms in total. The third-order valence-corrected chi connectivity index (χ3v) is 7.14. The zero-order chi connectivity index (χ0) is 30.5. The maximum atomic E-state index is 13.6. The molecule has 0 fully saturated rings. The van der Waals surface area contributed by atoms with Crippen LogP contribution in [0.2, 0.25) is 0 Å². The van der Waals surface area contributed by atoms with Crippen LogP contribution >= 0.6 is 0 Å². The van der Waals surface area contributed by atoms with Gasteiger partial charge in [0, 0.05) is 36.8 Å². The topological polar surface area (TPSA) is 138 Å². The van der Waals surface area contributed by atoms with Gasteiger partial charge >= 0.3 is 11.9 Å². The lowest BCUT2D eigenvalue weighted by molar-refractivity contribution is -0.384. The molecule has 0 radical (unpaired) electrons. The summed E-state index contributed by atoms with van der Waals surface area (Å²) in [5.41, 5.74) is 2.78. The summed E-state index contributed by atoms with van der Waals surface area (Å²) in [4.78, 5) is 42.4. The minimum Gasteiger partial charge on any atom is -0.493 e. The molecule has 0 amide bonds. The molecular weight excluding hydrogens is 540 g/mol. The van der Waals surface area contributed by atoms with Crippen molar-refractivity contribution in [3.63, 3.8) is 0 Å². The summed E-state index contributed by atoms with van der Waals surface area (Å²) in [6.07, 6.45) is 4.65. The van der Waals surface area contributed by atoms with Gasteiger partial charge in [0.15, 0.2) is 0 Å². The number of methoxy groups -OCH3 is 1.